The number of ether oxygens (including phenoxy) is 1. The van der Waals surface area contributed by atoms with Gasteiger partial charge in [-0.15, -0.1) is 0 Å². The Labute approximate surface area is 275 Å². The summed E-state index contributed by atoms with van der Waals surface area (Å²) >= 11 is 0. The van der Waals surface area contributed by atoms with Gasteiger partial charge in [-0.3, -0.25) is 14.4 Å². The summed E-state index contributed by atoms with van der Waals surface area (Å²) in [4.78, 5) is 37.2. The molecule has 3 fully saturated rings. The molecule has 0 amide bonds. The Morgan fingerprint density at radius 1 is 0.822 bits per heavy atom. The van der Waals surface area contributed by atoms with E-state index in [-0.39, 0.29) is 29.8 Å². The molecule has 0 spiro atoms. The third-order valence-corrected chi connectivity index (χ3v) is 13.2. The second-order valence-electron chi connectivity index (χ2n) is 16.7. The number of fused-ring (bicyclic) bond motifs is 5. The number of carbonyl (C=O) groups is 3. The van der Waals surface area contributed by atoms with Crippen LogP contribution in [-0.4, -0.2) is 28.9 Å². The zero-order chi connectivity index (χ0) is 32.6. The molecule has 4 rings (SSSR count). The van der Waals surface area contributed by atoms with Gasteiger partial charge in [-0.2, -0.15) is 0 Å². The maximum Gasteiger partial charge on any atom is 0.306 e. The molecule has 0 aromatic heterocycles. The van der Waals surface area contributed by atoms with Crippen molar-refractivity contribution < 1.29 is 24.2 Å². The van der Waals surface area contributed by atoms with E-state index in [2.05, 4.69) is 34.6 Å². The molecule has 4 aliphatic rings. The highest BCUT2D eigenvalue weighted by Gasteiger charge is 2.61. The first-order valence-electron chi connectivity index (χ1n) is 19.1. The topological polar surface area (TPSA) is 80.7 Å². The average molecular weight is 627 g/mol. The predicted molar refractivity (Wildman–Crippen MR) is 182 cm³/mol. The molecule has 0 heterocycles. The van der Waals surface area contributed by atoms with E-state index in [0.29, 0.717) is 29.5 Å². The maximum absolute atomic E-state index is 13.9. The second-order valence-corrected chi connectivity index (χ2v) is 16.7. The number of unbranched alkanes of at least 4 members (excludes halogenated alkanes) is 8. The lowest BCUT2D eigenvalue weighted by molar-refractivity contribution is -0.152. The van der Waals surface area contributed by atoms with Gasteiger partial charge in [0.1, 0.15) is 6.10 Å². The van der Waals surface area contributed by atoms with Crippen LogP contribution in [0.2, 0.25) is 0 Å². The Morgan fingerprint density at radius 2 is 1.47 bits per heavy atom. The number of carbonyl (C=O) groups excluding carboxylic acids is 2. The molecule has 0 saturated heterocycles. The first-order valence-corrected chi connectivity index (χ1v) is 19.1. The molecule has 0 bridgehead atoms. The molecule has 8 atom stereocenters. The van der Waals surface area contributed by atoms with E-state index < -0.39 is 5.97 Å². The van der Waals surface area contributed by atoms with Gasteiger partial charge in [0, 0.05) is 25.2 Å². The number of ketones is 1. The Bertz CT molecular complexity index is 1030. The molecule has 4 unspecified atom stereocenters. The predicted octanol–water partition coefficient (Wildman–Crippen LogP) is 10.5. The molecule has 256 valence electrons. The first-order chi connectivity index (χ1) is 21.5. The molecule has 45 heavy (non-hydrogen) atoms. The van der Waals surface area contributed by atoms with E-state index in [1.54, 1.807) is 0 Å². The fourth-order valence-electron chi connectivity index (χ4n) is 10.5. The van der Waals surface area contributed by atoms with Crippen molar-refractivity contribution in [2.45, 2.75) is 176 Å². The van der Waals surface area contributed by atoms with Crippen molar-refractivity contribution >= 4 is 17.7 Å². The van der Waals surface area contributed by atoms with Gasteiger partial charge in [0.05, 0.1) is 0 Å². The van der Waals surface area contributed by atoms with Crippen LogP contribution in [0.1, 0.15) is 169 Å². The maximum atomic E-state index is 13.9. The fraction of sp³-hybridized carbons (Fsp3) is 0.875. The van der Waals surface area contributed by atoms with Crippen molar-refractivity contribution in [3.8, 4) is 0 Å². The third-order valence-electron chi connectivity index (χ3n) is 13.2. The highest BCUT2D eigenvalue weighted by atomic mass is 16.5. The van der Waals surface area contributed by atoms with Crippen LogP contribution in [0.4, 0.5) is 0 Å². The average Bonchev–Trinajstić information content (AvgIpc) is 3.33. The lowest BCUT2D eigenvalue weighted by Gasteiger charge is -2.57. The lowest BCUT2D eigenvalue weighted by Crippen LogP contribution is -2.53. The van der Waals surface area contributed by atoms with E-state index in [1.807, 2.05) is 6.08 Å². The number of hydrogen-bond acceptors (Lipinski definition) is 4. The van der Waals surface area contributed by atoms with Gasteiger partial charge in [0.25, 0.3) is 0 Å². The summed E-state index contributed by atoms with van der Waals surface area (Å²) in [6, 6.07) is 0. The van der Waals surface area contributed by atoms with Gasteiger partial charge in [0.2, 0.25) is 0 Å². The summed E-state index contributed by atoms with van der Waals surface area (Å²) in [6.07, 6.45) is 23.8. The van der Waals surface area contributed by atoms with Crippen molar-refractivity contribution in [1.29, 1.82) is 0 Å². The number of allylic oxidation sites excluding steroid dienone is 1. The molecule has 4 aliphatic carbocycles. The first kappa shape index (κ1) is 36.2. The van der Waals surface area contributed by atoms with Crippen LogP contribution >= 0.6 is 0 Å². The smallest absolute Gasteiger partial charge is 0.306 e. The van der Waals surface area contributed by atoms with Crippen molar-refractivity contribution in [2.24, 2.45) is 46.3 Å². The van der Waals surface area contributed by atoms with Gasteiger partial charge >= 0.3 is 11.9 Å². The van der Waals surface area contributed by atoms with Crippen molar-refractivity contribution in [3.05, 3.63) is 11.6 Å². The minimum atomic E-state index is -0.698. The minimum absolute atomic E-state index is 0.0695. The van der Waals surface area contributed by atoms with Crippen LogP contribution in [-0.2, 0) is 19.1 Å². The number of rotatable bonds is 18. The zero-order valence-electron chi connectivity index (χ0n) is 29.5. The highest BCUT2D eigenvalue weighted by Crippen LogP contribution is 2.66. The van der Waals surface area contributed by atoms with E-state index in [1.165, 1.54) is 69.8 Å². The summed E-state index contributed by atoms with van der Waals surface area (Å²) in [5.41, 5.74) is 1.63. The van der Waals surface area contributed by atoms with Crippen molar-refractivity contribution in [2.75, 3.05) is 0 Å². The molecule has 0 aromatic rings. The van der Waals surface area contributed by atoms with E-state index in [9.17, 15) is 14.4 Å². The molecular weight excluding hydrogens is 560 g/mol. The fourth-order valence-corrected chi connectivity index (χ4v) is 10.5. The molecule has 1 N–H and O–H groups in total. The lowest BCUT2D eigenvalue weighted by atomic mass is 9.46. The van der Waals surface area contributed by atoms with Crippen LogP contribution in [0, 0.1) is 46.3 Å². The third kappa shape index (κ3) is 9.04. The Balaban J connectivity index is 1.21. The normalized spacial score (nSPS) is 33.2. The SMILES string of the molecule is CC(C)CCC[C@@H](C)[C@H]1CCC2C3C(=O)C=C4CC(OC(=O)CCCCCCCCCCCC(=O)O)CC[C@]4(C)C3CC[C@@]21C. The zero-order valence-corrected chi connectivity index (χ0v) is 29.5. The minimum Gasteiger partial charge on any atom is -0.481 e. The highest BCUT2D eigenvalue weighted by molar-refractivity contribution is 5.94. The van der Waals surface area contributed by atoms with Gasteiger partial charge in [-0.05, 0) is 97.9 Å². The Morgan fingerprint density at radius 3 is 2.11 bits per heavy atom. The van der Waals surface area contributed by atoms with E-state index >= 15 is 0 Å². The summed E-state index contributed by atoms with van der Waals surface area (Å²) in [5, 5.41) is 8.70. The van der Waals surface area contributed by atoms with Crippen LogP contribution in [0.15, 0.2) is 11.6 Å². The molecule has 5 heteroatoms. The second kappa shape index (κ2) is 16.4. The van der Waals surface area contributed by atoms with Gasteiger partial charge < -0.3 is 9.84 Å². The van der Waals surface area contributed by atoms with E-state index in [4.69, 9.17) is 9.84 Å². The Kier molecular flexibility index (Phi) is 13.2. The van der Waals surface area contributed by atoms with Crippen molar-refractivity contribution in [3.63, 3.8) is 0 Å². The van der Waals surface area contributed by atoms with Gasteiger partial charge in [-0.1, -0.05) is 104 Å². The van der Waals surface area contributed by atoms with Crippen LogP contribution in [0.3, 0.4) is 0 Å². The molecule has 3 saturated carbocycles. The molecule has 5 nitrogen and oxygen atoms in total. The van der Waals surface area contributed by atoms with Crippen molar-refractivity contribution in [1.82, 2.24) is 0 Å². The largest absolute Gasteiger partial charge is 0.481 e. The number of hydrogen-bond donors (Lipinski definition) is 1. The quantitative estimate of drug-likeness (QED) is 0.121. The number of carboxylic acids is 1. The van der Waals surface area contributed by atoms with Crippen LogP contribution < -0.4 is 0 Å². The number of carboxylic acid groups (broad SMARTS) is 1. The molecule has 0 radical (unpaired) electrons. The Hall–Kier alpha value is -1.65. The molecular formula is C40H66O5. The van der Waals surface area contributed by atoms with Gasteiger partial charge in [0.15, 0.2) is 5.78 Å². The van der Waals surface area contributed by atoms with Crippen LogP contribution in [0.25, 0.3) is 0 Å². The molecule has 0 aromatic carbocycles. The monoisotopic (exact) mass is 626 g/mol. The number of esters is 1. The number of aliphatic carboxylic acids is 1. The van der Waals surface area contributed by atoms with Gasteiger partial charge in [-0.25, -0.2) is 0 Å². The summed E-state index contributed by atoms with van der Waals surface area (Å²) in [6.45, 7) is 12.1. The van der Waals surface area contributed by atoms with E-state index in [0.717, 1.165) is 75.5 Å². The van der Waals surface area contributed by atoms with Crippen LogP contribution in [0.5, 0.6) is 0 Å². The molecule has 0 aliphatic heterocycles. The standard InChI is InChI=1S/C40H66O5/c1-28(2)16-15-17-29(3)32-20-21-33-38-34(23-25-40(32,33)5)39(4)24-22-31(26-30(39)27-35(38)41)45-37(44)19-14-12-10-8-6-7-9-11-13-18-36(42)43/h27-29,31-34,38H,6-26H2,1-5H3,(H,42,43)/t29-,31?,32-,33?,34?,38?,39+,40-/m1/s1. The summed E-state index contributed by atoms with van der Waals surface area (Å²) < 4.78 is 6.00. The summed E-state index contributed by atoms with van der Waals surface area (Å²) in [5.74, 6) is 3.03. The summed E-state index contributed by atoms with van der Waals surface area (Å²) in [7, 11) is 0.